The van der Waals surface area contributed by atoms with Crippen LogP contribution in [0.3, 0.4) is 0 Å². The van der Waals surface area contributed by atoms with Crippen LogP contribution in [0.2, 0.25) is 10.0 Å². The maximum absolute atomic E-state index is 10.3. The summed E-state index contributed by atoms with van der Waals surface area (Å²) in [6, 6.07) is 5.23. The highest BCUT2D eigenvalue weighted by Gasteiger charge is 2.39. The van der Waals surface area contributed by atoms with Crippen LogP contribution in [0.1, 0.15) is 11.7 Å². The zero-order valence-corrected chi connectivity index (χ0v) is 8.05. The molecule has 1 aromatic rings. The van der Waals surface area contributed by atoms with E-state index < -0.39 is 0 Å². The first-order valence-corrected chi connectivity index (χ1v) is 4.53. The van der Waals surface area contributed by atoms with Gasteiger partial charge in [0.2, 0.25) is 0 Å². The third-order valence-corrected chi connectivity index (χ3v) is 2.67. The van der Waals surface area contributed by atoms with E-state index in [1.807, 2.05) is 6.07 Å². The second-order valence-electron chi connectivity index (χ2n) is 2.83. The zero-order chi connectivity index (χ0) is 9.42. The van der Waals surface area contributed by atoms with Gasteiger partial charge in [-0.05, 0) is 17.7 Å². The van der Waals surface area contributed by atoms with Gasteiger partial charge >= 0.3 is 0 Å². The summed E-state index contributed by atoms with van der Waals surface area (Å²) < 4.78 is 5.08. The normalized spacial score (nSPS) is 25.7. The summed E-state index contributed by atoms with van der Waals surface area (Å²) in [5.74, 6) is 0. The SMILES string of the molecule is O=C[C@H]1O[C@@H]1c1ccc(Cl)c(Cl)c1. The van der Waals surface area contributed by atoms with E-state index in [1.54, 1.807) is 12.1 Å². The van der Waals surface area contributed by atoms with Gasteiger partial charge in [0.05, 0.1) is 10.0 Å². The summed E-state index contributed by atoms with van der Waals surface area (Å²) in [5.41, 5.74) is 0.895. The van der Waals surface area contributed by atoms with Gasteiger partial charge in [0.15, 0.2) is 6.29 Å². The molecule has 2 atom stereocenters. The van der Waals surface area contributed by atoms with E-state index in [0.717, 1.165) is 11.8 Å². The van der Waals surface area contributed by atoms with Crippen molar-refractivity contribution in [2.75, 3.05) is 0 Å². The van der Waals surface area contributed by atoms with Crippen LogP contribution in [0.25, 0.3) is 0 Å². The van der Waals surface area contributed by atoms with Crippen LogP contribution in [-0.2, 0) is 9.53 Å². The second kappa shape index (κ2) is 3.29. The number of epoxide rings is 1. The summed E-state index contributed by atoms with van der Waals surface area (Å²) in [6.07, 6.45) is 0.345. The lowest BCUT2D eigenvalue weighted by atomic mass is 10.1. The van der Waals surface area contributed by atoms with Gasteiger partial charge in [-0.15, -0.1) is 0 Å². The first kappa shape index (κ1) is 9.00. The minimum atomic E-state index is -0.308. The van der Waals surface area contributed by atoms with Gasteiger partial charge in [-0.3, -0.25) is 0 Å². The van der Waals surface area contributed by atoms with E-state index in [-0.39, 0.29) is 12.2 Å². The molecule has 0 amide bonds. The van der Waals surface area contributed by atoms with Crippen LogP contribution in [-0.4, -0.2) is 12.4 Å². The third kappa shape index (κ3) is 1.70. The molecule has 68 valence electrons. The molecule has 0 bridgehead atoms. The monoisotopic (exact) mass is 216 g/mol. The van der Waals surface area contributed by atoms with Crippen molar-refractivity contribution in [1.29, 1.82) is 0 Å². The van der Waals surface area contributed by atoms with Gasteiger partial charge in [0, 0.05) is 0 Å². The number of ether oxygens (including phenoxy) is 1. The topological polar surface area (TPSA) is 29.6 Å². The average Bonchev–Trinajstić information content (AvgIpc) is 2.88. The Balaban J connectivity index is 2.23. The minimum Gasteiger partial charge on any atom is -0.357 e. The van der Waals surface area contributed by atoms with Crippen LogP contribution in [0, 0.1) is 0 Å². The van der Waals surface area contributed by atoms with Crippen LogP contribution in [0.5, 0.6) is 0 Å². The number of carbonyl (C=O) groups excluding carboxylic acids is 1. The Morgan fingerprint density at radius 2 is 2.08 bits per heavy atom. The molecule has 2 rings (SSSR count). The number of halogens is 2. The fourth-order valence-corrected chi connectivity index (χ4v) is 1.49. The highest BCUT2D eigenvalue weighted by Crippen LogP contribution is 2.39. The van der Waals surface area contributed by atoms with Crippen molar-refractivity contribution in [2.45, 2.75) is 12.2 Å². The maximum atomic E-state index is 10.3. The van der Waals surface area contributed by atoms with Gasteiger partial charge in [-0.2, -0.15) is 0 Å². The van der Waals surface area contributed by atoms with Crippen LogP contribution in [0.15, 0.2) is 18.2 Å². The predicted molar refractivity (Wildman–Crippen MR) is 50.1 cm³/mol. The molecule has 1 aromatic carbocycles. The van der Waals surface area contributed by atoms with Crippen molar-refractivity contribution in [3.63, 3.8) is 0 Å². The maximum Gasteiger partial charge on any atom is 0.151 e. The van der Waals surface area contributed by atoms with Crippen molar-refractivity contribution in [1.82, 2.24) is 0 Å². The fourth-order valence-electron chi connectivity index (χ4n) is 1.18. The van der Waals surface area contributed by atoms with Crippen molar-refractivity contribution < 1.29 is 9.53 Å². The van der Waals surface area contributed by atoms with E-state index in [1.165, 1.54) is 0 Å². The zero-order valence-electron chi connectivity index (χ0n) is 6.54. The molecule has 1 fully saturated rings. The Hall–Kier alpha value is -0.570. The molecule has 0 radical (unpaired) electrons. The Labute approximate surface area is 85.4 Å². The summed E-state index contributed by atoms with van der Waals surface area (Å²) in [7, 11) is 0. The van der Waals surface area contributed by atoms with Crippen LogP contribution >= 0.6 is 23.2 Å². The van der Waals surface area contributed by atoms with E-state index >= 15 is 0 Å². The molecule has 0 N–H and O–H groups in total. The van der Waals surface area contributed by atoms with Gasteiger partial charge in [-0.25, -0.2) is 0 Å². The molecule has 0 aromatic heterocycles. The lowest BCUT2D eigenvalue weighted by Crippen LogP contribution is -1.88. The first-order valence-electron chi connectivity index (χ1n) is 3.78. The molecule has 13 heavy (non-hydrogen) atoms. The number of rotatable bonds is 2. The number of carbonyl (C=O) groups is 1. The van der Waals surface area contributed by atoms with E-state index in [9.17, 15) is 4.79 Å². The van der Waals surface area contributed by atoms with Crippen molar-refractivity contribution in [2.24, 2.45) is 0 Å². The second-order valence-corrected chi connectivity index (χ2v) is 3.65. The number of hydrogen-bond acceptors (Lipinski definition) is 2. The molecule has 1 heterocycles. The summed E-state index contributed by atoms with van der Waals surface area (Å²) in [6.45, 7) is 0. The Bertz CT molecular complexity index is 351. The van der Waals surface area contributed by atoms with Crippen LogP contribution < -0.4 is 0 Å². The number of benzene rings is 1. The molecule has 2 nitrogen and oxygen atoms in total. The molecule has 0 spiro atoms. The standard InChI is InChI=1S/C9H6Cl2O2/c10-6-2-1-5(3-7(6)11)9-8(4-12)13-9/h1-4,8-9H/t8-,9-/m1/s1. The molecule has 0 saturated carbocycles. The van der Waals surface area contributed by atoms with Crippen LogP contribution in [0.4, 0.5) is 0 Å². The summed E-state index contributed by atoms with van der Waals surface area (Å²) in [4.78, 5) is 10.3. The molecule has 0 unspecified atom stereocenters. The molecule has 1 aliphatic rings. The van der Waals surface area contributed by atoms with E-state index in [0.29, 0.717) is 10.0 Å². The Morgan fingerprint density at radius 3 is 2.62 bits per heavy atom. The smallest absolute Gasteiger partial charge is 0.151 e. The first-order chi connectivity index (χ1) is 6.22. The fraction of sp³-hybridized carbons (Fsp3) is 0.222. The van der Waals surface area contributed by atoms with Gasteiger partial charge in [-0.1, -0.05) is 29.3 Å². The molecular formula is C9H6Cl2O2. The predicted octanol–water partition coefficient (Wildman–Crippen LogP) is 2.63. The van der Waals surface area contributed by atoms with Crippen molar-refractivity contribution in [3.05, 3.63) is 33.8 Å². The largest absolute Gasteiger partial charge is 0.357 e. The molecule has 1 saturated heterocycles. The summed E-state index contributed by atoms with van der Waals surface area (Å²) in [5, 5.41) is 0.994. The van der Waals surface area contributed by atoms with Gasteiger partial charge in [0.25, 0.3) is 0 Å². The van der Waals surface area contributed by atoms with Crippen molar-refractivity contribution >= 4 is 29.5 Å². The Kier molecular flexibility index (Phi) is 2.28. The average molecular weight is 217 g/mol. The third-order valence-electron chi connectivity index (χ3n) is 1.93. The lowest BCUT2D eigenvalue weighted by Gasteiger charge is -1.98. The van der Waals surface area contributed by atoms with E-state index in [2.05, 4.69) is 0 Å². The highest BCUT2D eigenvalue weighted by molar-refractivity contribution is 6.42. The molecule has 4 heteroatoms. The van der Waals surface area contributed by atoms with E-state index in [4.69, 9.17) is 27.9 Å². The number of aldehydes is 1. The lowest BCUT2D eigenvalue weighted by molar-refractivity contribution is -0.108. The summed E-state index contributed by atoms with van der Waals surface area (Å²) >= 11 is 11.5. The molecule has 1 aliphatic heterocycles. The minimum absolute atomic E-state index is 0.132. The number of hydrogen-bond donors (Lipinski definition) is 0. The highest BCUT2D eigenvalue weighted by atomic mass is 35.5. The van der Waals surface area contributed by atoms with Gasteiger partial charge < -0.3 is 9.53 Å². The Morgan fingerprint density at radius 1 is 1.31 bits per heavy atom. The van der Waals surface area contributed by atoms with Crippen molar-refractivity contribution in [3.8, 4) is 0 Å². The molecular weight excluding hydrogens is 211 g/mol. The molecule has 0 aliphatic carbocycles. The van der Waals surface area contributed by atoms with Gasteiger partial charge in [0.1, 0.15) is 12.2 Å². The quantitative estimate of drug-likeness (QED) is 0.562.